The van der Waals surface area contributed by atoms with Crippen LogP contribution in [0, 0.1) is 0 Å². The van der Waals surface area contributed by atoms with Gasteiger partial charge in [-0.2, -0.15) is 0 Å². The summed E-state index contributed by atoms with van der Waals surface area (Å²) in [4.78, 5) is 51.0. The van der Waals surface area contributed by atoms with Gasteiger partial charge in [0.25, 0.3) is 5.56 Å². The summed E-state index contributed by atoms with van der Waals surface area (Å²) in [6, 6.07) is 17.5. The molecule has 0 amide bonds. The van der Waals surface area contributed by atoms with Crippen molar-refractivity contribution in [1.29, 1.82) is 0 Å². The smallest absolute Gasteiger partial charge is 0.338 e. The lowest BCUT2D eigenvalue weighted by molar-refractivity contribution is -0.101. The zero-order chi connectivity index (χ0) is 24.3. The summed E-state index contributed by atoms with van der Waals surface area (Å²) in [6.07, 6.45) is -2.60. The number of hydrogen-bond donors (Lipinski definition) is 2. The highest BCUT2D eigenvalue weighted by molar-refractivity contribution is 5.90. The Morgan fingerprint density at radius 1 is 1.00 bits per heavy atom. The average molecular weight is 466 g/mol. The number of benzene rings is 2. The van der Waals surface area contributed by atoms with Gasteiger partial charge in [-0.25, -0.2) is 14.4 Å². The third-order valence-electron chi connectivity index (χ3n) is 5.45. The first-order chi connectivity index (χ1) is 16.3. The van der Waals surface area contributed by atoms with Crippen molar-refractivity contribution in [2.75, 3.05) is 6.61 Å². The van der Waals surface area contributed by atoms with Crippen LogP contribution in [-0.2, 0) is 14.2 Å². The molecule has 0 radical (unpaired) electrons. The molecule has 2 aromatic carbocycles. The van der Waals surface area contributed by atoms with Gasteiger partial charge in [0.2, 0.25) is 0 Å². The molecular weight excluding hydrogens is 444 g/mol. The van der Waals surface area contributed by atoms with E-state index in [1.54, 1.807) is 60.7 Å². The van der Waals surface area contributed by atoms with Crippen molar-refractivity contribution in [3.8, 4) is 0 Å². The van der Waals surface area contributed by atoms with Crippen molar-refractivity contribution in [3.63, 3.8) is 0 Å². The number of H-pyrrole nitrogens is 1. The van der Waals surface area contributed by atoms with E-state index >= 15 is 0 Å². The fourth-order valence-corrected chi connectivity index (χ4v) is 3.75. The molecule has 1 fully saturated rings. The van der Waals surface area contributed by atoms with Crippen molar-refractivity contribution >= 4 is 11.9 Å². The topological polar surface area (TPSA) is 137 Å². The van der Waals surface area contributed by atoms with Crippen molar-refractivity contribution in [2.24, 2.45) is 0 Å². The number of esters is 2. The summed E-state index contributed by atoms with van der Waals surface area (Å²) >= 11 is 0. The fourth-order valence-electron chi connectivity index (χ4n) is 3.75. The zero-order valence-corrected chi connectivity index (χ0v) is 18.1. The molecule has 10 heteroatoms. The number of nitrogens with zero attached hydrogens (tertiary/aromatic N) is 1. The molecule has 10 nitrogen and oxygen atoms in total. The van der Waals surface area contributed by atoms with Gasteiger partial charge < -0.3 is 19.3 Å². The minimum absolute atomic E-state index is 0.239. The highest BCUT2D eigenvalue weighted by Gasteiger charge is 2.56. The molecule has 0 aliphatic carbocycles. The van der Waals surface area contributed by atoms with Crippen molar-refractivity contribution < 1.29 is 28.9 Å². The first-order valence-electron chi connectivity index (χ1n) is 10.4. The Kier molecular flexibility index (Phi) is 6.44. The molecule has 1 aliphatic heterocycles. The molecule has 4 atom stereocenters. The van der Waals surface area contributed by atoms with Crippen LogP contribution >= 0.6 is 0 Å². The second kappa shape index (κ2) is 9.46. The van der Waals surface area contributed by atoms with Gasteiger partial charge in [0.05, 0.1) is 11.1 Å². The lowest BCUT2D eigenvalue weighted by atomic mass is 9.96. The van der Waals surface area contributed by atoms with Crippen LogP contribution in [0.2, 0.25) is 0 Å². The van der Waals surface area contributed by atoms with E-state index in [0.717, 1.165) is 16.8 Å². The lowest BCUT2D eigenvalue weighted by Crippen LogP contribution is -2.49. The largest absolute Gasteiger partial charge is 0.459 e. The van der Waals surface area contributed by atoms with Gasteiger partial charge in [0.15, 0.2) is 12.3 Å². The Hall–Kier alpha value is -4.02. The van der Waals surface area contributed by atoms with Crippen LogP contribution in [-0.4, -0.2) is 51.0 Å². The summed E-state index contributed by atoms with van der Waals surface area (Å²) < 4.78 is 17.8. The minimum atomic E-state index is -1.92. The molecule has 34 heavy (non-hydrogen) atoms. The zero-order valence-electron chi connectivity index (χ0n) is 18.1. The number of hydrogen-bond acceptors (Lipinski definition) is 8. The molecule has 1 aliphatic rings. The molecule has 0 saturated carbocycles. The number of aromatic nitrogens is 2. The predicted octanol–water partition coefficient (Wildman–Crippen LogP) is 1.27. The number of carbonyl (C=O) groups is 2. The van der Waals surface area contributed by atoms with Gasteiger partial charge in [-0.1, -0.05) is 36.4 Å². The second-order valence-electron chi connectivity index (χ2n) is 7.93. The Morgan fingerprint density at radius 3 is 2.18 bits per heavy atom. The van der Waals surface area contributed by atoms with Crippen LogP contribution < -0.4 is 11.2 Å². The van der Waals surface area contributed by atoms with Crippen LogP contribution in [0.1, 0.15) is 33.9 Å². The SMILES string of the molecule is C[C@]1(O)[C@H](OC(=O)c2ccccc2)C(COC(=O)c2ccccc2)O[C@H]1n1ccc(=O)[nH]c1=O. The van der Waals surface area contributed by atoms with Gasteiger partial charge in [-0.05, 0) is 31.2 Å². The molecule has 2 heterocycles. The van der Waals surface area contributed by atoms with Gasteiger partial charge >= 0.3 is 17.6 Å². The van der Waals surface area contributed by atoms with Crippen LogP contribution in [0.5, 0.6) is 0 Å². The molecule has 176 valence electrons. The van der Waals surface area contributed by atoms with Crippen LogP contribution in [0.25, 0.3) is 0 Å². The van der Waals surface area contributed by atoms with E-state index in [0.29, 0.717) is 5.56 Å². The van der Waals surface area contributed by atoms with E-state index < -0.39 is 47.2 Å². The van der Waals surface area contributed by atoms with Crippen molar-refractivity contribution in [2.45, 2.75) is 31.0 Å². The summed E-state index contributed by atoms with van der Waals surface area (Å²) in [7, 11) is 0. The third kappa shape index (κ3) is 4.68. The standard InChI is InChI=1S/C24H22N2O8/c1-24(31)19(34-21(29)16-10-6-3-7-11-16)17(14-32-20(28)15-8-4-2-5-9-15)33-22(24)26-13-12-18(27)25-23(26)30/h2-13,17,19,22,31H,14H2,1H3,(H,25,27,30)/t17?,19-,22-,24+/m1/s1. The Labute approximate surface area is 193 Å². The van der Waals surface area contributed by atoms with E-state index in [1.165, 1.54) is 6.92 Å². The first kappa shape index (κ1) is 23.1. The maximum Gasteiger partial charge on any atom is 0.338 e. The van der Waals surface area contributed by atoms with Gasteiger partial charge in [0, 0.05) is 12.3 Å². The van der Waals surface area contributed by atoms with E-state index in [4.69, 9.17) is 14.2 Å². The van der Waals surface area contributed by atoms with E-state index in [2.05, 4.69) is 4.98 Å². The Balaban J connectivity index is 1.62. The van der Waals surface area contributed by atoms with Crippen molar-refractivity contribution in [1.82, 2.24) is 9.55 Å². The Morgan fingerprint density at radius 2 is 1.59 bits per heavy atom. The quantitative estimate of drug-likeness (QED) is 0.518. The normalized spacial score (nSPS) is 23.9. The molecule has 1 unspecified atom stereocenters. The summed E-state index contributed by atoms with van der Waals surface area (Å²) in [6.45, 7) is 0.961. The minimum Gasteiger partial charge on any atom is -0.459 e. The maximum atomic E-state index is 12.7. The number of aromatic amines is 1. The third-order valence-corrected chi connectivity index (χ3v) is 5.45. The number of carbonyl (C=O) groups excluding carboxylic acids is 2. The van der Waals surface area contributed by atoms with E-state index in [9.17, 15) is 24.3 Å². The number of aliphatic hydroxyl groups is 1. The highest BCUT2D eigenvalue weighted by Crippen LogP contribution is 2.39. The van der Waals surface area contributed by atoms with Crippen LogP contribution in [0.4, 0.5) is 0 Å². The second-order valence-corrected chi connectivity index (χ2v) is 7.93. The van der Waals surface area contributed by atoms with Crippen molar-refractivity contribution in [3.05, 3.63) is 105 Å². The predicted molar refractivity (Wildman–Crippen MR) is 118 cm³/mol. The molecule has 1 saturated heterocycles. The molecular formula is C24H22N2O8. The molecule has 0 spiro atoms. The summed E-state index contributed by atoms with van der Waals surface area (Å²) in [5.74, 6) is -1.37. The van der Waals surface area contributed by atoms with Gasteiger partial charge in [-0.3, -0.25) is 14.3 Å². The number of rotatable bonds is 6. The number of nitrogens with one attached hydrogen (secondary N) is 1. The summed E-state index contributed by atoms with van der Waals surface area (Å²) in [5.41, 5.74) is -2.83. The van der Waals surface area contributed by atoms with Crippen LogP contribution in [0.3, 0.4) is 0 Å². The van der Waals surface area contributed by atoms with Gasteiger partial charge in [-0.15, -0.1) is 0 Å². The summed E-state index contributed by atoms with van der Waals surface area (Å²) in [5, 5.41) is 11.3. The van der Waals surface area contributed by atoms with E-state index in [1.807, 2.05) is 0 Å². The number of ether oxygens (including phenoxy) is 3. The van der Waals surface area contributed by atoms with Gasteiger partial charge in [0.1, 0.15) is 18.3 Å². The van der Waals surface area contributed by atoms with E-state index in [-0.39, 0.29) is 12.2 Å². The van der Waals surface area contributed by atoms with Crippen LogP contribution in [0.15, 0.2) is 82.5 Å². The lowest BCUT2D eigenvalue weighted by Gasteiger charge is -2.30. The molecule has 0 bridgehead atoms. The Bertz CT molecular complexity index is 1280. The monoisotopic (exact) mass is 466 g/mol. The molecule has 1 aromatic heterocycles. The average Bonchev–Trinajstić information content (AvgIpc) is 3.08. The highest BCUT2D eigenvalue weighted by atomic mass is 16.6. The molecule has 4 rings (SSSR count). The fraction of sp³-hybridized carbons (Fsp3) is 0.250. The molecule has 3 aromatic rings. The first-order valence-corrected chi connectivity index (χ1v) is 10.4. The molecule has 2 N–H and O–H groups in total. The maximum absolute atomic E-state index is 12.7.